The van der Waals surface area contributed by atoms with Crippen molar-refractivity contribution in [1.29, 1.82) is 0 Å². The molecule has 0 spiro atoms. The van der Waals surface area contributed by atoms with Gasteiger partial charge in [-0.1, -0.05) is 6.58 Å². The van der Waals surface area contributed by atoms with Gasteiger partial charge in [-0.25, -0.2) is 0 Å². The zero-order valence-electron chi connectivity index (χ0n) is 12.5. The molecule has 0 aromatic rings. The molecule has 23 heavy (non-hydrogen) atoms. The molecule has 2 rings (SSSR count). The highest BCUT2D eigenvalue weighted by Gasteiger charge is 2.72. The van der Waals surface area contributed by atoms with E-state index in [9.17, 15) is 36.2 Å². The molecule has 2 fully saturated rings. The summed E-state index contributed by atoms with van der Waals surface area (Å²) < 4.78 is 77.5. The van der Waals surface area contributed by atoms with Crippen LogP contribution >= 0.6 is 0 Å². The van der Waals surface area contributed by atoms with Crippen LogP contribution < -0.4 is 0 Å². The Morgan fingerprint density at radius 2 is 1.57 bits per heavy atom. The van der Waals surface area contributed by atoms with Gasteiger partial charge < -0.3 is 5.11 Å². The van der Waals surface area contributed by atoms with Crippen molar-refractivity contribution < 1.29 is 36.2 Å². The van der Waals surface area contributed by atoms with Gasteiger partial charge in [-0.05, 0) is 55.9 Å². The maximum absolute atomic E-state index is 12.9. The summed E-state index contributed by atoms with van der Waals surface area (Å²) in [5.74, 6) is -3.16. The zero-order valence-corrected chi connectivity index (χ0v) is 12.5. The van der Waals surface area contributed by atoms with E-state index in [4.69, 9.17) is 0 Å². The van der Waals surface area contributed by atoms with E-state index in [-0.39, 0.29) is 11.5 Å². The molecule has 2 bridgehead atoms. The second kappa shape index (κ2) is 5.50. The van der Waals surface area contributed by atoms with Crippen LogP contribution in [0.3, 0.4) is 0 Å². The molecule has 0 saturated heterocycles. The molecule has 2 saturated carbocycles. The average Bonchev–Trinajstić information content (AvgIpc) is 2.95. The number of alkyl halides is 6. The van der Waals surface area contributed by atoms with Crippen molar-refractivity contribution in [1.82, 2.24) is 0 Å². The molecule has 0 aromatic heterocycles. The molecule has 2 aliphatic carbocycles. The molecule has 132 valence electrons. The van der Waals surface area contributed by atoms with Gasteiger partial charge in [-0.15, -0.1) is 0 Å². The van der Waals surface area contributed by atoms with Crippen molar-refractivity contribution in [3.8, 4) is 0 Å². The molecule has 8 heteroatoms. The minimum absolute atomic E-state index is 0.120. The van der Waals surface area contributed by atoms with Crippen molar-refractivity contribution >= 4 is 5.78 Å². The molecule has 1 N–H and O–H groups in total. The Hall–Kier alpha value is -1.05. The third-order valence-electron chi connectivity index (χ3n) is 5.28. The summed E-state index contributed by atoms with van der Waals surface area (Å²) in [5.41, 5.74) is -4.67. The number of allylic oxidation sites excluding steroid dienone is 1. The van der Waals surface area contributed by atoms with Gasteiger partial charge in [-0.2, -0.15) is 26.3 Å². The quantitative estimate of drug-likeness (QED) is 0.617. The van der Waals surface area contributed by atoms with E-state index in [1.54, 1.807) is 0 Å². The van der Waals surface area contributed by atoms with Crippen molar-refractivity contribution in [2.45, 2.75) is 50.6 Å². The first-order chi connectivity index (χ1) is 10.3. The fraction of sp³-hybridized carbons (Fsp3) is 0.800. The topological polar surface area (TPSA) is 37.3 Å². The average molecular weight is 344 g/mol. The van der Waals surface area contributed by atoms with Gasteiger partial charge in [0.05, 0.1) is 0 Å². The molecule has 4 unspecified atom stereocenters. The van der Waals surface area contributed by atoms with Crippen LogP contribution in [0.5, 0.6) is 0 Å². The summed E-state index contributed by atoms with van der Waals surface area (Å²) in [5, 5.41) is 9.43. The Bertz CT molecular complexity index is 493. The van der Waals surface area contributed by atoms with Crippen LogP contribution in [0.1, 0.15) is 32.6 Å². The summed E-state index contributed by atoms with van der Waals surface area (Å²) in [6.07, 6.45) is -11.7. The van der Waals surface area contributed by atoms with E-state index in [1.165, 1.54) is 6.92 Å². The van der Waals surface area contributed by atoms with Gasteiger partial charge in [0.2, 0.25) is 0 Å². The molecule has 2 nitrogen and oxygen atoms in total. The van der Waals surface area contributed by atoms with Crippen molar-refractivity contribution in [2.75, 3.05) is 0 Å². The minimum Gasteiger partial charge on any atom is -0.374 e. The molecule has 0 amide bonds. The first-order valence-electron chi connectivity index (χ1n) is 7.35. The van der Waals surface area contributed by atoms with E-state index < -0.39 is 47.9 Å². The van der Waals surface area contributed by atoms with Crippen molar-refractivity contribution in [2.24, 2.45) is 23.7 Å². The third-order valence-corrected chi connectivity index (χ3v) is 5.28. The predicted octanol–water partition coefficient (Wildman–Crippen LogP) is 4.04. The highest BCUT2D eigenvalue weighted by atomic mass is 19.4. The van der Waals surface area contributed by atoms with E-state index >= 15 is 0 Å². The first kappa shape index (κ1) is 18.3. The monoisotopic (exact) mass is 344 g/mol. The number of halogens is 6. The largest absolute Gasteiger partial charge is 0.426 e. The van der Waals surface area contributed by atoms with E-state index in [0.717, 1.165) is 0 Å². The van der Waals surface area contributed by atoms with Crippen LogP contribution in [0.2, 0.25) is 0 Å². The molecule has 0 heterocycles. The number of hydrogen-bond acceptors (Lipinski definition) is 2. The fourth-order valence-electron chi connectivity index (χ4n) is 4.13. The zero-order chi connectivity index (χ0) is 17.8. The number of carbonyl (C=O) groups excluding carboxylic acids is 1. The van der Waals surface area contributed by atoms with Gasteiger partial charge in [0.25, 0.3) is 5.60 Å². The second-order valence-corrected chi connectivity index (χ2v) is 6.73. The van der Waals surface area contributed by atoms with Crippen LogP contribution in [0.25, 0.3) is 0 Å². The maximum atomic E-state index is 12.9. The number of Topliss-reactive ketones (excluding diaryl/α,β-unsaturated/α-hetero) is 1. The predicted molar refractivity (Wildman–Crippen MR) is 69.3 cm³/mol. The van der Waals surface area contributed by atoms with E-state index in [0.29, 0.717) is 19.3 Å². The molecule has 4 atom stereocenters. The summed E-state index contributed by atoms with van der Waals surface area (Å²) in [7, 11) is 0. The lowest BCUT2D eigenvalue weighted by atomic mass is 9.71. The fourth-order valence-corrected chi connectivity index (χ4v) is 4.13. The van der Waals surface area contributed by atoms with Gasteiger partial charge in [-0.3, -0.25) is 4.79 Å². The van der Waals surface area contributed by atoms with Gasteiger partial charge in [0.15, 0.2) is 5.78 Å². The number of rotatable bonds is 4. The lowest BCUT2D eigenvalue weighted by molar-refractivity contribution is -0.373. The Kier molecular flexibility index (Phi) is 4.37. The molecule has 2 aliphatic rings. The van der Waals surface area contributed by atoms with Crippen LogP contribution in [0.4, 0.5) is 26.3 Å². The molecular weight excluding hydrogens is 326 g/mol. The van der Waals surface area contributed by atoms with Crippen LogP contribution in [0.15, 0.2) is 12.2 Å². The normalized spacial score (nSPS) is 31.5. The Labute approximate surface area is 129 Å². The molecular formula is C15H18F6O2. The highest BCUT2D eigenvalue weighted by Crippen LogP contribution is 2.58. The van der Waals surface area contributed by atoms with Gasteiger partial charge in [0.1, 0.15) is 0 Å². The highest BCUT2D eigenvalue weighted by molar-refractivity contribution is 5.96. The molecule has 0 radical (unpaired) electrons. The second-order valence-electron chi connectivity index (χ2n) is 6.73. The first-order valence-corrected chi connectivity index (χ1v) is 7.35. The van der Waals surface area contributed by atoms with Crippen LogP contribution in [-0.2, 0) is 4.79 Å². The number of aliphatic hydroxyl groups is 1. The number of fused-ring (bicyclic) bond motifs is 2. The molecule has 0 aromatic carbocycles. The van der Waals surface area contributed by atoms with Gasteiger partial charge >= 0.3 is 12.4 Å². The minimum atomic E-state index is -5.84. The summed E-state index contributed by atoms with van der Waals surface area (Å²) in [6, 6.07) is 0. The Morgan fingerprint density at radius 1 is 1.09 bits per heavy atom. The van der Waals surface area contributed by atoms with Crippen molar-refractivity contribution in [3.63, 3.8) is 0 Å². The summed E-state index contributed by atoms with van der Waals surface area (Å²) in [6.45, 7) is 4.85. The Morgan fingerprint density at radius 3 is 2.00 bits per heavy atom. The Balaban J connectivity index is 2.35. The third kappa shape index (κ3) is 2.90. The molecule has 0 aliphatic heterocycles. The standard InChI is InChI=1S/C15H18F6O2/c1-7(2)12(22)11-9-4-3-8(5-9)10(11)6-13(23,14(16,17)18)15(19,20)21/h8-11,23H,1,3-6H2,2H3. The number of ketones is 1. The SMILES string of the molecule is C=C(C)C(=O)C1C2CCC(C2)C1CC(O)(C(F)(F)F)C(F)(F)F. The maximum Gasteiger partial charge on any atom is 0.426 e. The lowest BCUT2D eigenvalue weighted by Gasteiger charge is -2.39. The summed E-state index contributed by atoms with van der Waals surface area (Å²) in [4.78, 5) is 12.2. The van der Waals surface area contributed by atoms with Gasteiger partial charge in [0, 0.05) is 5.92 Å². The van der Waals surface area contributed by atoms with Crippen molar-refractivity contribution in [3.05, 3.63) is 12.2 Å². The van der Waals surface area contributed by atoms with Crippen LogP contribution in [-0.4, -0.2) is 28.8 Å². The lowest BCUT2D eigenvalue weighted by Crippen LogP contribution is -2.58. The summed E-state index contributed by atoms with van der Waals surface area (Å²) >= 11 is 0. The number of carbonyl (C=O) groups is 1. The van der Waals surface area contributed by atoms with Crippen LogP contribution in [0, 0.1) is 23.7 Å². The number of hydrogen-bond donors (Lipinski definition) is 1. The van der Waals surface area contributed by atoms with E-state index in [1.807, 2.05) is 0 Å². The smallest absolute Gasteiger partial charge is 0.374 e. The van der Waals surface area contributed by atoms with E-state index in [2.05, 4.69) is 6.58 Å².